The minimum atomic E-state index is -1.26. The fourth-order valence-corrected chi connectivity index (χ4v) is 1.74. The number of hydrogen-bond acceptors (Lipinski definition) is 6. The molecule has 0 amide bonds. The van der Waals surface area contributed by atoms with Crippen molar-refractivity contribution in [1.82, 2.24) is 9.97 Å². The van der Waals surface area contributed by atoms with Gasteiger partial charge in [0.1, 0.15) is 0 Å². The summed E-state index contributed by atoms with van der Waals surface area (Å²) in [6.45, 7) is 1.54. The molecule has 8 nitrogen and oxygen atoms in total. The monoisotopic (exact) mass is 309 g/mol. The molecule has 0 fully saturated rings. The lowest BCUT2D eigenvalue weighted by atomic mass is 10.3. The highest BCUT2D eigenvalue weighted by Gasteiger charge is 2.21. The van der Waals surface area contributed by atoms with Crippen molar-refractivity contribution in [3.8, 4) is 11.8 Å². The van der Waals surface area contributed by atoms with Crippen molar-refractivity contribution in [1.29, 1.82) is 0 Å². The number of hydrogen-bond donors (Lipinski definition) is 1. The molecule has 1 heterocycles. The molecule has 108 valence electrons. The molecule has 2 rings (SSSR count). The molecule has 21 heavy (non-hydrogen) atoms. The Morgan fingerprint density at radius 2 is 2.14 bits per heavy atom. The van der Waals surface area contributed by atoms with Gasteiger partial charge in [-0.1, -0.05) is 17.7 Å². The summed E-state index contributed by atoms with van der Waals surface area (Å²) in [7, 11) is 0. The third-order valence-corrected chi connectivity index (χ3v) is 2.69. The SMILES string of the molecule is Cc1cc(C(=O)O)nc(Oc2c(Cl)cccc2[N+](=O)[O-])n1. The molecule has 0 bridgehead atoms. The molecular weight excluding hydrogens is 302 g/mol. The molecule has 0 radical (unpaired) electrons. The van der Waals surface area contributed by atoms with Gasteiger partial charge >= 0.3 is 17.7 Å². The molecule has 0 saturated carbocycles. The lowest BCUT2D eigenvalue weighted by Gasteiger charge is -2.07. The van der Waals surface area contributed by atoms with Crippen LogP contribution in [0.4, 0.5) is 5.69 Å². The van der Waals surface area contributed by atoms with E-state index >= 15 is 0 Å². The van der Waals surface area contributed by atoms with Crippen LogP contribution >= 0.6 is 11.6 Å². The maximum absolute atomic E-state index is 10.9. The van der Waals surface area contributed by atoms with Gasteiger partial charge in [-0.15, -0.1) is 0 Å². The third kappa shape index (κ3) is 3.23. The molecule has 0 aliphatic carbocycles. The van der Waals surface area contributed by atoms with Crippen molar-refractivity contribution in [2.75, 3.05) is 0 Å². The summed E-state index contributed by atoms with van der Waals surface area (Å²) >= 11 is 5.86. The summed E-state index contributed by atoms with van der Waals surface area (Å²) in [4.78, 5) is 28.7. The van der Waals surface area contributed by atoms with Gasteiger partial charge in [-0.2, -0.15) is 4.98 Å². The van der Waals surface area contributed by atoms with Crippen molar-refractivity contribution in [3.63, 3.8) is 0 Å². The lowest BCUT2D eigenvalue weighted by Crippen LogP contribution is -2.05. The molecule has 9 heteroatoms. The Morgan fingerprint density at radius 1 is 1.43 bits per heavy atom. The topological polar surface area (TPSA) is 115 Å². The van der Waals surface area contributed by atoms with E-state index in [0.717, 1.165) is 0 Å². The lowest BCUT2D eigenvalue weighted by molar-refractivity contribution is -0.385. The van der Waals surface area contributed by atoms with Gasteiger partial charge in [-0.25, -0.2) is 9.78 Å². The van der Waals surface area contributed by atoms with Crippen LogP contribution in [-0.2, 0) is 0 Å². The van der Waals surface area contributed by atoms with E-state index in [1.165, 1.54) is 24.3 Å². The van der Waals surface area contributed by atoms with Crippen LogP contribution in [0.2, 0.25) is 5.02 Å². The van der Waals surface area contributed by atoms with Crippen molar-refractivity contribution >= 4 is 23.3 Å². The van der Waals surface area contributed by atoms with Gasteiger partial charge in [0.2, 0.25) is 5.75 Å². The van der Waals surface area contributed by atoms with E-state index in [-0.39, 0.29) is 28.2 Å². The predicted octanol–water partition coefficient (Wildman–Crippen LogP) is 2.84. The zero-order valence-corrected chi connectivity index (χ0v) is 11.4. The summed E-state index contributed by atoms with van der Waals surface area (Å²) in [6.07, 6.45) is 0. The van der Waals surface area contributed by atoms with Crippen LogP contribution in [0, 0.1) is 17.0 Å². The van der Waals surface area contributed by atoms with E-state index in [9.17, 15) is 14.9 Å². The van der Waals surface area contributed by atoms with E-state index in [2.05, 4.69) is 9.97 Å². The van der Waals surface area contributed by atoms with E-state index in [1.807, 2.05) is 0 Å². The van der Waals surface area contributed by atoms with Gasteiger partial charge in [0.05, 0.1) is 9.95 Å². The number of para-hydroxylation sites is 1. The summed E-state index contributed by atoms with van der Waals surface area (Å²) < 4.78 is 5.21. The first-order chi connectivity index (χ1) is 9.88. The Kier molecular flexibility index (Phi) is 3.99. The number of halogens is 1. The summed E-state index contributed by atoms with van der Waals surface area (Å²) in [6, 6.07) is 4.92. The van der Waals surface area contributed by atoms with E-state index in [4.69, 9.17) is 21.4 Å². The molecule has 0 aliphatic heterocycles. The standard InChI is InChI=1S/C12H8ClN3O5/c1-6-5-8(11(17)18)15-12(14-6)21-10-7(13)3-2-4-9(10)16(19)20/h2-5H,1H3,(H,17,18). The maximum Gasteiger partial charge on any atom is 0.354 e. The Hall–Kier alpha value is -2.74. The Morgan fingerprint density at radius 3 is 2.76 bits per heavy atom. The van der Waals surface area contributed by atoms with Crippen LogP contribution in [-0.4, -0.2) is 26.0 Å². The van der Waals surface area contributed by atoms with Crippen LogP contribution < -0.4 is 4.74 Å². The van der Waals surface area contributed by atoms with E-state index in [1.54, 1.807) is 6.92 Å². The zero-order chi connectivity index (χ0) is 15.6. The number of carboxylic acid groups (broad SMARTS) is 1. The second-order valence-electron chi connectivity index (χ2n) is 3.93. The van der Waals surface area contributed by atoms with Gasteiger partial charge in [0, 0.05) is 11.8 Å². The average molecular weight is 310 g/mol. The molecule has 0 aliphatic rings. The number of carboxylic acids is 1. The van der Waals surface area contributed by atoms with Crippen molar-refractivity contribution in [2.24, 2.45) is 0 Å². The highest BCUT2D eigenvalue weighted by atomic mass is 35.5. The Balaban J connectivity index is 2.48. The van der Waals surface area contributed by atoms with Crippen LogP contribution in [0.1, 0.15) is 16.2 Å². The second kappa shape index (κ2) is 5.71. The Bertz CT molecular complexity index is 735. The number of nitro benzene ring substituents is 1. The summed E-state index contributed by atoms with van der Waals surface area (Å²) in [5, 5.41) is 19.8. The fourth-order valence-electron chi connectivity index (χ4n) is 1.53. The molecule has 1 aromatic carbocycles. The van der Waals surface area contributed by atoms with Crippen LogP contribution in [0.5, 0.6) is 11.8 Å². The first-order valence-electron chi connectivity index (χ1n) is 5.58. The maximum atomic E-state index is 10.9. The van der Waals surface area contributed by atoms with Gasteiger partial charge in [0.25, 0.3) is 0 Å². The van der Waals surface area contributed by atoms with Crippen LogP contribution in [0.3, 0.4) is 0 Å². The summed E-state index contributed by atoms with van der Waals surface area (Å²) in [5.41, 5.74) is -0.316. The highest BCUT2D eigenvalue weighted by molar-refractivity contribution is 6.32. The minimum absolute atomic E-state index is 0.00817. The largest absolute Gasteiger partial charge is 0.477 e. The van der Waals surface area contributed by atoms with Crippen molar-refractivity contribution in [2.45, 2.75) is 6.92 Å². The number of aromatic nitrogens is 2. The number of rotatable bonds is 4. The molecule has 0 atom stereocenters. The van der Waals surface area contributed by atoms with Gasteiger partial charge in [0.15, 0.2) is 5.69 Å². The molecule has 2 aromatic rings. The van der Waals surface area contributed by atoms with Gasteiger partial charge in [-0.3, -0.25) is 10.1 Å². The normalized spacial score (nSPS) is 10.2. The highest BCUT2D eigenvalue weighted by Crippen LogP contribution is 2.36. The smallest absolute Gasteiger partial charge is 0.354 e. The quantitative estimate of drug-likeness (QED) is 0.681. The molecule has 1 aromatic heterocycles. The first kappa shape index (κ1) is 14.7. The first-order valence-corrected chi connectivity index (χ1v) is 5.96. The number of nitrogens with zero attached hydrogens (tertiary/aromatic N) is 3. The van der Waals surface area contributed by atoms with E-state index in [0.29, 0.717) is 5.69 Å². The predicted molar refractivity (Wildman–Crippen MR) is 71.9 cm³/mol. The average Bonchev–Trinajstić information content (AvgIpc) is 2.40. The zero-order valence-electron chi connectivity index (χ0n) is 10.6. The minimum Gasteiger partial charge on any atom is -0.477 e. The number of nitro groups is 1. The molecule has 0 unspecified atom stereocenters. The molecule has 0 saturated heterocycles. The van der Waals surface area contributed by atoms with E-state index < -0.39 is 10.9 Å². The number of benzene rings is 1. The van der Waals surface area contributed by atoms with Crippen LogP contribution in [0.15, 0.2) is 24.3 Å². The number of aromatic carboxylic acids is 1. The van der Waals surface area contributed by atoms with Gasteiger partial charge in [-0.05, 0) is 19.1 Å². The summed E-state index contributed by atoms with van der Waals surface area (Å²) in [5.74, 6) is -1.51. The molecular formula is C12H8ClN3O5. The van der Waals surface area contributed by atoms with Gasteiger partial charge < -0.3 is 9.84 Å². The van der Waals surface area contributed by atoms with Crippen LogP contribution in [0.25, 0.3) is 0 Å². The Labute approximate surface area is 123 Å². The number of aryl methyl sites for hydroxylation is 1. The number of carbonyl (C=O) groups is 1. The third-order valence-electron chi connectivity index (χ3n) is 2.39. The molecule has 0 spiro atoms. The van der Waals surface area contributed by atoms with Crippen molar-refractivity contribution < 1.29 is 19.6 Å². The second-order valence-corrected chi connectivity index (χ2v) is 4.34. The molecule has 1 N–H and O–H groups in total. The van der Waals surface area contributed by atoms with Crippen molar-refractivity contribution in [3.05, 3.63) is 50.8 Å². The fraction of sp³-hybridized carbons (Fsp3) is 0.0833. The number of ether oxygens (including phenoxy) is 1.